The van der Waals surface area contributed by atoms with Gasteiger partial charge in [0.15, 0.2) is 6.35 Å². The van der Waals surface area contributed by atoms with Gasteiger partial charge in [0.2, 0.25) is 11.7 Å². The monoisotopic (exact) mass is 480 g/mol. The van der Waals surface area contributed by atoms with Gasteiger partial charge < -0.3 is 14.7 Å². The first kappa shape index (κ1) is 24.1. The number of rotatable bonds is 6. The summed E-state index contributed by atoms with van der Waals surface area (Å²) >= 11 is 0. The molecule has 2 aliphatic heterocycles. The molecule has 0 bridgehead atoms. The maximum atomic E-state index is 13.7. The molecule has 0 amide bonds. The maximum absolute atomic E-state index is 13.7. The Balaban J connectivity index is 1.40. The van der Waals surface area contributed by atoms with Gasteiger partial charge in [-0.2, -0.15) is 4.98 Å². The lowest BCUT2D eigenvalue weighted by molar-refractivity contribution is -0.137. The molecule has 0 radical (unpaired) electrons. The van der Waals surface area contributed by atoms with Crippen LogP contribution in [0.4, 0.5) is 4.39 Å². The summed E-state index contributed by atoms with van der Waals surface area (Å²) in [6.07, 6.45) is 2.10. The zero-order chi connectivity index (χ0) is 24.4. The lowest BCUT2D eigenvalue weighted by Crippen LogP contribution is -2.55. The Labute approximate surface area is 205 Å². The van der Waals surface area contributed by atoms with Gasteiger partial charge in [0.05, 0.1) is 12.0 Å². The van der Waals surface area contributed by atoms with Gasteiger partial charge in [-0.1, -0.05) is 48.5 Å². The summed E-state index contributed by atoms with van der Waals surface area (Å²) in [6.45, 7) is 4.75. The van der Waals surface area contributed by atoms with Crippen LogP contribution >= 0.6 is 0 Å². The zero-order valence-corrected chi connectivity index (χ0v) is 20.1. The molecule has 0 spiro atoms. The number of aromatic nitrogens is 2. The van der Waals surface area contributed by atoms with E-state index >= 15 is 0 Å². The van der Waals surface area contributed by atoms with Crippen molar-refractivity contribution in [2.45, 2.75) is 56.9 Å². The minimum Gasteiger partial charge on any atom is -0.393 e. The highest BCUT2D eigenvalue weighted by atomic mass is 19.1. The Morgan fingerprint density at radius 2 is 1.80 bits per heavy atom. The van der Waals surface area contributed by atoms with Gasteiger partial charge in [-0.15, -0.1) is 0 Å². The fourth-order valence-corrected chi connectivity index (χ4v) is 5.26. The lowest BCUT2D eigenvalue weighted by Gasteiger charge is -2.44. The molecule has 7 nitrogen and oxygen atoms in total. The molecule has 3 unspecified atom stereocenters. The third-order valence-electron chi connectivity index (χ3n) is 7.36. The van der Waals surface area contributed by atoms with Crippen molar-refractivity contribution >= 4 is 0 Å². The van der Waals surface area contributed by atoms with Gasteiger partial charge in [-0.05, 0) is 54.9 Å². The number of hydrogen-bond donors (Lipinski definition) is 2. The van der Waals surface area contributed by atoms with E-state index in [-0.39, 0.29) is 23.8 Å². The fraction of sp³-hybridized carbons (Fsp3) is 0.481. The Kier molecular flexibility index (Phi) is 7.24. The minimum atomic E-state index is -0.742. The number of hydrogen-bond acceptors (Lipinski definition) is 7. The molecule has 2 aromatic carbocycles. The summed E-state index contributed by atoms with van der Waals surface area (Å²) in [5.41, 5.74) is 3.09. The van der Waals surface area contributed by atoms with E-state index in [0.717, 1.165) is 12.8 Å². The fourth-order valence-electron chi connectivity index (χ4n) is 5.26. The van der Waals surface area contributed by atoms with E-state index in [1.54, 1.807) is 12.1 Å². The van der Waals surface area contributed by atoms with Crippen LogP contribution in [0.15, 0.2) is 53.1 Å². The Bertz CT molecular complexity index is 1110. The number of aliphatic hydroxyl groups is 2. The van der Waals surface area contributed by atoms with Crippen molar-refractivity contribution in [2.75, 3.05) is 26.2 Å². The molecule has 1 aromatic heterocycles. The molecule has 3 atom stereocenters. The highest BCUT2D eigenvalue weighted by Gasteiger charge is 2.37. The van der Waals surface area contributed by atoms with Crippen LogP contribution in [-0.2, 0) is 6.42 Å². The quantitative estimate of drug-likeness (QED) is 0.556. The van der Waals surface area contributed by atoms with Crippen LogP contribution in [0.1, 0.15) is 55.0 Å². The van der Waals surface area contributed by atoms with Gasteiger partial charge in [0.1, 0.15) is 5.82 Å². The minimum absolute atomic E-state index is 0.0700. The van der Waals surface area contributed by atoms with Gasteiger partial charge in [0, 0.05) is 31.7 Å². The molecule has 35 heavy (non-hydrogen) atoms. The third-order valence-corrected chi connectivity index (χ3v) is 7.36. The average Bonchev–Trinajstić information content (AvgIpc) is 3.39. The summed E-state index contributed by atoms with van der Waals surface area (Å²) in [4.78, 5) is 8.72. The van der Waals surface area contributed by atoms with E-state index in [1.807, 2.05) is 4.90 Å². The van der Waals surface area contributed by atoms with E-state index in [2.05, 4.69) is 46.2 Å². The zero-order valence-electron chi connectivity index (χ0n) is 20.1. The molecular weight excluding hydrogens is 447 g/mol. The number of nitrogens with zero attached hydrogens (tertiary/aromatic N) is 4. The molecule has 3 heterocycles. The number of benzene rings is 2. The highest BCUT2D eigenvalue weighted by molar-refractivity contribution is 5.54. The van der Waals surface area contributed by atoms with Crippen molar-refractivity contribution in [1.82, 2.24) is 19.9 Å². The highest BCUT2D eigenvalue weighted by Crippen LogP contribution is 2.37. The first-order valence-electron chi connectivity index (χ1n) is 12.5. The molecule has 8 heteroatoms. The van der Waals surface area contributed by atoms with Crippen LogP contribution in [0.5, 0.6) is 0 Å². The topological polar surface area (TPSA) is 85.9 Å². The first-order chi connectivity index (χ1) is 17.0. The second kappa shape index (κ2) is 10.5. The summed E-state index contributed by atoms with van der Waals surface area (Å²) in [6, 6.07) is 14.9. The van der Waals surface area contributed by atoms with Gasteiger partial charge in [-0.25, -0.2) is 4.39 Å². The standard InChI is InChI=1S/C27H33FN4O3/c1-2-18-6-8-19(9-7-18)21-14-22(17-32(16-21)27(34)31-12-10-24(33)11-13-31)26-29-25(30-35-26)20-4-3-5-23(28)15-20/h3-9,15,21-22,24,27,33-34H,2,10-14,16-17H2,1H3. The molecular formula is C27H33FN4O3. The Hall–Kier alpha value is -2.65. The van der Waals surface area contributed by atoms with Crippen molar-refractivity contribution in [3.63, 3.8) is 0 Å². The second-order valence-corrected chi connectivity index (χ2v) is 9.76. The first-order valence-corrected chi connectivity index (χ1v) is 12.5. The molecule has 186 valence electrons. The lowest BCUT2D eigenvalue weighted by atomic mass is 9.84. The van der Waals surface area contributed by atoms with Gasteiger partial charge in [0.25, 0.3) is 0 Å². The van der Waals surface area contributed by atoms with E-state index in [9.17, 15) is 14.6 Å². The summed E-state index contributed by atoms with van der Waals surface area (Å²) < 4.78 is 19.4. The van der Waals surface area contributed by atoms with Crippen molar-refractivity contribution in [3.8, 4) is 11.4 Å². The maximum Gasteiger partial charge on any atom is 0.231 e. The number of halogens is 1. The third kappa shape index (κ3) is 5.46. The summed E-state index contributed by atoms with van der Waals surface area (Å²) in [7, 11) is 0. The van der Waals surface area contributed by atoms with Crippen molar-refractivity contribution < 1.29 is 19.1 Å². The SMILES string of the molecule is CCc1ccc(C2CC(c3nc(-c4cccc(F)c4)no3)CN(C(O)N3CCC(O)CC3)C2)cc1. The van der Waals surface area contributed by atoms with E-state index in [0.29, 0.717) is 56.3 Å². The van der Waals surface area contributed by atoms with Crippen LogP contribution < -0.4 is 0 Å². The number of aryl methyl sites for hydroxylation is 1. The van der Waals surface area contributed by atoms with Gasteiger partial charge in [-0.3, -0.25) is 9.80 Å². The molecule has 2 aliphatic rings. The van der Waals surface area contributed by atoms with Crippen molar-refractivity contribution in [1.29, 1.82) is 0 Å². The number of piperidine rings is 2. The van der Waals surface area contributed by atoms with Gasteiger partial charge >= 0.3 is 0 Å². The Morgan fingerprint density at radius 3 is 2.51 bits per heavy atom. The van der Waals surface area contributed by atoms with Crippen LogP contribution in [0, 0.1) is 5.82 Å². The van der Waals surface area contributed by atoms with Crippen LogP contribution in [0.2, 0.25) is 0 Å². The summed E-state index contributed by atoms with van der Waals surface area (Å²) in [5.74, 6) is 0.646. The normalized spacial score (nSPS) is 23.4. The predicted molar refractivity (Wildman–Crippen MR) is 130 cm³/mol. The van der Waals surface area contributed by atoms with Crippen molar-refractivity contribution in [2.24, 2.45) is 0 Å². The molecule has 2 saturated heterocycles. The average molecular weight is 481 g/mol. The van der Waals surface area contributed by atoms with Crippen LogP contribution in [0.25, 0.3) is 11.4 Å². The molecule has 0 aliphatic carbocycles. The number of aliphatic hydroxyl groups excluding tert-OH is 2. The van der Waals surface area contributed by atoms with E-state index < -0.39 is 6.35 Å². The largest absolute Gasteiger partial charge is 0.393 e. The van der Waals surface area contributed by atoms with E-state index in [1.165, 1.54) is 23.3 Å². The molecule has 2 fully saturated rings. The predicted octanol–water partition coefficient (Wildman–Crippen LogP) is 3.74. The van der Waals surface area contributed by atoms with E-state index in [4.69, 9.17) is 4.52 Å². The number of likely N-dealkylation sites (tertiary alicyclic amines) is 2. The Morgan fingerprint density at radius 1 is 1.06 bits per heavy atom. The second-order valence-electron chi connectivity index (χ2n) is 9.76. The van der Waals surface area contributed by atoms with Crippen molar-refractivity contribution in [3.05, 3.63) is 71.4 Å². The molecule has 0 saturated carbocycles. The molecule has 2 N–H and O–H groups in total. The smallest absolute Gasteiger partial charge is 0.231 e. The summed E-state index contributed by atoms with van der Waals surface area (Å²) in [5, 5.41) is 25.3. The van der Waals surface area contributed by atoms with Crippen LogP contribution in [0.3, 0.4) is 0 Å². The molecule has 3 aromatic rings. The van der Waals surface area contributed by atoms with Crippen LogP contribution in [-0.4, -0.2) is 68.8 Å². The molecule has 5 rings (SSSR count).